The molecule has 6 unspecified atom stereocenters. The summed E-state index contributed by atoms with van der Waals surface area (Å²) in [5, 5.41) is 55.5. The van der Waals surface area contributed by atoms with Gasteiger partial charge in [0.25, 0.3) is 0 Å². The minimum absolute atomic E-state index is 0.0277. The summed E-state index contributed by atoms with van der Waals surface area (Å²) in [6.45, 7) is 1.37. The van der Waals surface area contributed by atoms with E-state index in [-0.39, 0.29) is 35.2 Å². The van der Waals surface area contributed by atoms with Gasteiger partial charge in [0.15, 0.2) is 24.5 Å². The number of aliphatic hydroxyl groups is 2. The summed E-state index contributed by atoms with van der Waals surface area (Å²) in [6.07, 6.45) is -1.63. The number of hydrogen-bond acceptors (Lipinski definition) is 11. The number of fused-ring (bicyclic) bond motifs is 3. The van der Waals surface area contributed by atoms with Gasteiger partial charge in [0.05, 0.1) is 35.0 Å². The van der Waals surface area contributed by atoms with Gasteiger partial charge in [-0.2, -0.15) is 4.57 Å². The van der Waals surface area contributed by atoms with Crippen LogP contribution in [-0.2, 0) is 27.2 Å². The fourth-order valence-electron chi connectivity index (χ4n) is 6.30. The number of phenolic OH excluding ortho intramolecular Hbond substituents is 3. The number of nitrogens with two attached hydrogens (primary N) is 1. The van der Waals surface area contributed by atoms with Gasteiger partial charge in [-0.05, 0) is 13.0 Å². The lowest BCUT2D eigenvalue weighted by atomic mass is 9.71. The summed E-state index contributed by atoms with van der Waals surface area (Å²) in [6, 6.07) is 8.39. The lowest BCUT2D eigenvalue weighted by molar-refractivity contribution is -0.685. The molecule has 6 atom stereocenters. The lowest BCUT2D eigenvalue weighted by Gasteiger charge is -2.42. The van der Waals surface area contributed by atoms with Gasteiger partial charge in [0.2, 0.25) is 18.1 Å². The summed E-state index contributed by atoms with van der Waals surface area (Å²) < 4.78 is 13.5. The van der Waals surface area contributed by atoms with E-state index in [0.717, 1.165) is 0 Å². The number of hydrogen-bond donors (Lipinski definition) is 6. The Morgan fingerprint density at radius 3 is 2.44 bits per heavy atom. The molecule has 224 valence electrons. The molecule has 2 aromatic carbocycles. The summed E-state index contributed by atoms with van der Waals surface area (Å²) >= 11 is 0. The third-order valence-corrected chi connectivity index (χ3v) is 8.56. The number of aromatic hydroxyl groups is 3. The van der Waals surface area contributed by atoms with E-state index in [4.69, 9.17) is 15.2 Å². The standard InChI is InChI=1S/C31H30N2O10/c1-14-26(36)17(32)10-21(42-14)43-19-12-31(41,20(35)13-33-8-3-2-4-9-33)11-16-23(19)30(40)25-24(28(16)38)27(37)15-6-5-7-18(34)22(15)29(25)39/h2-9,14,17,19,21,26,36,41H,10-13,32H2,1H3,(H2-,34,37,38,39,40)/p+1. The maximum atomic E-state index is 13.6. The van der Waals surface area contributed by atoms with Crippen molar-refractivity contribution in [3.63, 3.8) is 0 Å². The van der Waals surface area contributed by atoms with Gasteiger partial charge in [0, 0.05) is 54.1 Å². The third kappa shape index (κ3) is 4.67. The fraction of sp³-hybridized carbons (Fsp3) is 0.355. The first-order chi connectivity index (χ1) is 20.4. The van der Waals surface area contributed by atoms with Crippen molar-refractivity contribution in [1.29, 1.82) is 0 Å². The normalized spacial score (nSPS) is 28.1. The maximum absolute atomic E-state index is 13.6. The van der Waals surface area contributed by atoms with Gasteiger partial charge in [-0.25, -0.2) is 0 Å². The Hall–Kier alpha value is -4.20. The average molecular weight is 592 g/mol. The van der Waals surface area contributed by atoms with Crippen LogP contribution < -0.4 is 10.3 Å². The number of ether oxygens (including phenoxy) is 2. The minimum atomic E-state index is -2.13. The number of nitrogens with zero attached hydrogens (tertiary/aromatic N) is 1. The molecule has 2 heterocycles. The Morgan fingerprint density at radius 1 is 1.05 bits per heavy atom. The van der Waals surface area contributed by atoms with Crippen LogP contribution >= 0.6 is 0 Å². The highest BCUT2D eigenvalue weighted by atomic mass is 16.7. The van der Waals surface area contributed by atoms with Crippen molar-refractivity contribution < 1.29 is 54.0 Å². The van der Waals surface area contributed by atoms with Gasteiger partial charge in [-0.3, -0.25) is 14.4 Å². The molecule has 0 saturated carbocycles. The topological polar surface area (TPSA) is 201 Å². The van der Waals surface area contributed by atoms with Crippen molar-refractivity contribution in [2.24, 2.45) is 5.73 Å². The Morgan fingerprint density at radius 2 is 1.74 bits per heavy atom. The Bertz CT molecular complexity index is 1650. The van der Waals surface area contributed by atoms with E-state index < -0.39 is 94.8 Å². The summed E-state index contributed by atoms with van der Waals surface area (Å²) in [4.78, 5) is 40.7. The summed E-state index contributed by atoms with van der Waals surface area (Å²) in [5.41, 5.74) is 2.20. The van der Waals surface area contributed by atoms with E-state index in [1.807, 2.05) is 0 Å². The van der Waals surface area contributed by atoms with Gasteiger partial charge in [0.1, 0.15) is 22.8 Å². The highest BCUT2D eigenvalue weighted by Crippen LogP contribution is 2.52. The van der Waals surface area contributed by atoms with Crippen molar-refractivity contribution >= 4 is 17.3 Å². The molecule has 3 aliphatic rings. The number of Topliss-reactive ketones (excluding diaryl/α,β-unsaturated/α-hetero) is 1. The number of aromatic nitrogens is 1. The van der Waals surface area contributed by atoms with E-state index in [9.17, 15) is 39.9 Å². The van der Waals surface area contributed by atoms with Crippen molar-refractivity contribution in [2.45, 2.75) is 69.0 Å². The van der Waals surface area contributed by atoms with Crippen LogP contribution in [0.3, 0.4) is 0 Å². The fourth-order valence-corrected chi connectivity index (χ4v) is 6.30. The van der Waals surface area contributed by atoms with Crippen molar-refractivity contribution in [1.82, 2.24) is 0 Å². The number of carbonyl (C=O) groups is 3. The number of benzene rings is 2. The Labute approximate surface area is 245 Å². The highest BCUT2D eigenvalue weighted by molar-refractivity contribution is 6.31. The first kappa shape index (κ1) is 28.9. The molecule has 1 aromatic heterocycles. The van der Waals surface area contributed by atoms with Crippen LogP contribution in [0.2, 0.25) is 0 Å². The number of carbonyl (C=O) groups excluding carboxylic acids is 3. The lowest BCUT2D eigenvalue weighted by Crippen LogP contribution is -2.54. The van der Waals surface area contributed by atoms with Gasteiger partial charge < -0.3 is 40.7 Å². The SMILES string of the molecule is CC1OC(OC2CC(O)(C(=O)C[n+]3ccccc3)Cc3c(O)c4c(c(O)c32)C(=O)c2c(O)cccc2C4=O)CC(N)C1O. The smallest absolute Gasteiger partial charge is 0.229 e. The van der Waals surface area contributed by atoms with Crippen LogP contribution in [0.15, 0.2) is 48.8 Å². The van der Waals surface area contributed by atoms with Gasteiger partial charge in [-0.15, -0.1) is 0 Å². The Balaban J connectivity index is 1.48. The average Bonchev–Trinajstić information content (AvgIpc) is 2.96. The quantitative estimate of drug-likeness (QED) is 0.141. The van der Waals surface area contributed by atoms with Gasteiger partial charge >= 0.3 is 0 Å². The molecule has 2 aliphatic carbocycles. The molecule has 7 N–H and O–H groups in total. The molecule has 1 aliphatic heterocycles. The molecular weight excluding hydrogens is 560 g/mol. The van der Waals surface area contributed by atoms with Crippen molar-refractivity contribution in [2.75, 3.05) is 0 Å². The van der Waals surface area contributed by atoms with Crippen LogP contribution in [0.4, 0.5) is 0 Å². The first-order valence-corrected chi connectivity index (χ1v) is 13.9. The number of pyridine rings is 1. The van der Waals surface area contributed by atoms with Crippen LogP contribution in [0, 0.1) is 0 Å². The largest absolute Gasteiger partial charge is 0.507 e. The molecule has 0 amide bonds. The first-order valence-electron chi connectivity index (χ1n) is 13.9. The Kier molecular flexibility index (Phi) is 7.06. The zero-order valence-corrected chi connectivity index (χ0v) is 23.1. The minimum Gasteiger partial charge on any atom is -0.507 e. The van der Waals surface area contributed by atoms with Crippen LogP contribution in [0.25, 0.3) is 0 Å². The third-order valence-electron chi connectivity index (χ3n) is 8.56. The molecule has 1 saturated heterocycles. The number of rotatable bonds is 5. The molecule has 3 aromatic rings. The highest BCUT2D eigenvalue weighted by Gasteiger charge is 2.51. The molecule has 6 rings (SSSR count). The van der Waals surface area contributed by atoms with E-state index in [2.05, 4.69) is 0 Å². The molecule has 12 nitrogen and oxygen atoms in total. The number of ketones is 3. The molecule has 0 spiro atoms. The van der Waals surface area contributed by atoms with Crippen molar-refractivity contribution in [3.8, 4) is 17.2 Å². The van der Waals surface area contributed by atoms with E-state index >= 15 is 0 Å². The maximum Gasteiger partial charge on any atom is 0.229 e. The van der Waals surface area contributed by atoms with Gasteiger partial charge in [-0.1, -0.05) is 18.2 Å². The monoisotopic (exact) mass is 591 g/mol. The molecule has 43 heavy (non-hydrogen) atoms. The molecule has 0 radical (unpaired) electrons. The molecular formula is C31H31N2O10+. The van der Waals surface area contributed by atoms with E-state index in [1.165, 1.54) is 18.2 Å². The number of aliphatic hydroxyl groups excluding tert-OH is 1. The number of phenols is 3. The molecule has 1 fully saturated rings. The molecule has 12 heteroatoms. The zero-order chi connectivity index (χ0) is 30.8. The van der Waals surface area contributed by atoms with Crippen LogP contribution in [0.1, 0.15) is 68.8 Å². The predicted octanol–water partition coefficient (Wildman–Crippen LogP) is 0.694. The molecule has 0 bridgehead atoms. The second-order valence-electron chi connectivity index (χ2n) is 11.4. The van der Waals surface area contributed by atoms with E-state index in [1.54, 1.807) is 42.1 Å². The van der Waals surface area contributed by atoms with Crippen LogP contribution in [-0.4, -0.2) is 73.0 Å². The summed E-state index contributed by atoms with van der Waals surface area (Å²) in [5.74, 6) is -4.17. The second-order valence-corrected chi connectivity index (χ2v) is 11.4. The predicted molar refractivity (Wildman–Crippen MR) is 146 cm³/mol. The van der Waals surface area contributed by atoms with E-state index in [0.29, 0.717) is 0 Å². The summed E-state index contributed by atoms with van der Waals surface area (Å²) in [7, 11) is 0. The van der Waals surface area contributed by atoms with Crippen molar-refractivity contribution in [3.05, 3.63) is 82.2 Å². The van der Waals surface area contributed by atoms with Crippen LogP contribution in [0.5, 0.6) is 17.2 Å². The zero-order valence-electron chi connectivity index (χ0n) is 23.1. The second kappa shape index (κ2) is 10.5.